The Morgan fingerprint density at radius 3 is 1.96 bits per heavy atom. The Morgan fingerprint density at radius 1 is 1.04 bits per heavy atom. The van der Waals surface area contributed by atoms with Gasteiger partial charge in [0.2, 0.25) is 0 Å². The zero-order valence-corrected chi connectivity index (χ0v) is 31.1. The fourth-order valence-electron chi connectivity index (χ4n) is 4.40. The molecule has 0 radical (unpaired) electrons. The number of allylic oxidation sites excluding steroid dienone is 4. The van der Waals surface area contributed by atoms with Gasteiger partial charge >= 0.3 is 12.5 Å². The van der Waals surface area contributed by atoms with Crippen LogP contribution in [0, 0.1) is 18.8 Å². The second kappa shape index (κ2) is 24.7. The highest BCUT2D eigenvalue weighted by Gasteiger charge is 2.33. The number of carbonyl (C=O) groups excluding carboxylic acids is 1. The molecule has 1 fully saturated rings. The molecule has 4 nitrogen and oxygen atoms in total. The maximum absolute atomic E-state index is 12.5. The van der Waals surface area contributed by atoms with Gasteiger partial charge in [-0.25, -0.2) is 4.79 Å². The minimum atomic E-state index is -4.55. The van der Waals surface area contributed by atoms with E-state index in [1.54, 1.807) is 24.3 Å². The second-order valence-corrected chi connectivity index (χ2v) is 11.8. The van der Waals surface area contributed by atoms with Crippen molar-refractivity contribution in [2.24, 2.45) is 11.8 Å². The van der Waals surface area contributed by atoms with Gasteiger partial charge in [-0.05, 0) is 97.1 Å². The van der Waals surface area contributed by atoms with Crippen LogP contribution in [0.25, 0.3) is 0 Å². The first-order chi connectivity index (χ1) is 21.0. The first kappa shape index (κ1) is 46.9. The number of alkyl halides is 3. The Balaban J connectivity index is -0.000000775. The van der Waals surface area contributed by atoms with Crippen LogP contribution in [0.15, 0.2) is 60.2 Å². The van der Waals surface area contributed by atoms with Gasteiger partial charge in [-0.1, -0.05) is 95.5 Å². The molecule has 0 saturated carbocycles. The zero-order chi connectivity index (χ0) is 36.0. The lowest BCUT2D eigenvalue weighted by atomic mass is 9.81. The molecule has 2 rings (SSSR count). The van der Waals surface area contributed by atoms with Gasteiger partial charge in [0.05, 0.1) is 6.61 Å². The number of rotatable bonds is 7. The maximum Gasteiger partial charge on any atom is 0.522 e. The number of carbonyl (C=O) groups is 1. The molecule has 0 N–H and O–H groups in total. The molecule has 1 aliphatic heterocycles. The second-order valence-electron chi connectivity index (χ2n) is 11.8. The van der Waals surface area contributed by atoms with Crippen LogP contribution in [0.2, 0.25) is 0 Å². The number of halogens is 3. The molecule has 0 spiro atoms. The molecule has 3 atom stereocenters. The number of aryl methyl sites for hydroxylation is 1. The summed E-state index contributed by atoms with van der Waals surface area (Å²) in [5.41, 5.74) is 5.54. The predicted molar refractivity (Wildman–Crippen MR) is 187 cm³/mol. The molecule has 1 aliphatic rings. The molecule has 0 aromatic heterocycles. The maximum atomic E-state index is 12.5. The van der Waals surface area contributed by atoms with Gasteiger partial charge in [0, 0.05) is 12.6 Å². The molecule has 1 heterocycles. The molecule has 45 heavy (non-hydrogen) atoms. The largest absolute Gasteiger partial charge is 0.522 e. The molecule has 1 aromatic carbocycles. The van der Waals surface area contributed by atoms with Gasteiger partial charge in [-0.2, -0.15) is 0 Å². The molecule has 3 unspecified atom stereocenters. The van der Waals surface area contributed by atoms with Crippen molar-refractivity contribution in [1.29, 1.82) is 0 Å². The fourth-order valence-corrected chi connectivity index (χ4v) is 4.40. The average molecular weight is 642 g/mol. The summed E-state index contributed by atoms with van der Waals surface area (Å²) >= 11 is 0. The highest BCUT2D eigenvalue weighted by Crippen LogP contribution is 2.34. The summed E-state index contributed by atoms with van der Waals surface area (Å²) in [6.07, 6.45) is 2.00. The monoisotopic (exact) mass is 641 g/mol. The van der Waals surface area contributed by atoms with Crippen molar-refractivity contribution in [1.82, 2.24) is 4.90 Å². The molecule has 262 valence electrons. The number of likely N-dealkylation sites (tertiary alicyclic amines) is 1. The van der Waals surface area contributed by atoms with Crippen molar-refractivity contribution in [2.45, 2.75) is 147 Å². The van der Waals surface area contributed by atoms with E-state index in [1.165, 1.54) is 23.1 Å². The van der Waals surface area contributed by atoms with Gasteiger partial charge in [0.1, 0.15) is 5.60 Å². The Kier molecular flexibility index (Phi) is 25.7. The highest BCUT2D eigenvalue weighted by molar-refractivity contribution is 5.68. The third-order valence-electron chi connectivity index (χ3n) is 7.26. The quantitative estimate of drug-likeness (QED) is 0.220. The minimum absolute atomic E-state index is 0.174. The first-order valence-corrected chi connectivity index (χ1v) is 16.6. The van der Waals surface area contributed by atoms with Crippen molar-refractivity contribution >= 4 is 6.09 Å². The molecule has 0 aliphatic carbocycles. The average Bonchev–Trinajstić information content (AvgIpc) is 3.00. The summed E-state index contributed by atoms with van der Waals surface area (Å²) < 4.78 is 44.0. The van der Waals surface area contributed by atoms with Crippen molar-refractivity contribution < 1.29 is 27.4 Å². The van der Waals surface area contributed by atoms with E-state index in [0.717, 1.165) is 31.4 Å². The van der Waals surface area contributed by atoms with Crippen LogP contribution in [0.5, 0.6) is 0 Å². The van der Waals surface area contributed by atoms with E-state index in [4.69, 9.17) is 4.74 Å². The van der Waals surface area contributed by atoms with Crippen LogP contribution in [0.3, 0.4) is 0 Å². The van der Waals surface area contributed by atoms with Gasteiger partial charge in [-0.15, -0.1) is 26.3 Å². The van der Waals surface area contributed by atoms with E-state index >= 15 is 0 Å². The molecular formula is C38H66F3NO3. The number of ether oxygens (including phenoxy) is 2. The van der Waals surface area contributed by atoms with E-state index in [1.807, 2.05) is 60.3 Å². The van der Waals surface area contributed by atoms with E-state index < -0.39 is 18.6 Å². The van der Waals surface area contributed by atoms with Crippen LogP contribution in [0.4, 0.5) is 18.0 Å². The summed E-state index contributed by atoms with van der Waals surface area (Å²) in [6, 6.07) is 6.92. The lowest BCUT2D eigenvalue weighted by Gasteiger charge is -2.39. The van der Waals surface area contributed by atoms with Crippen molar-refractivity contribution in [2.75, 3.05) is 6.54 Å². The van der Waals surface area contributed by atoms with Gasteiger partial charge in [0.15, 0.2) is 0 Å². The molecule has 0 bridgehead atoms. The molecule has 1 amide bonds. The van der Waals surface area contributed by atoms with Gasteiger partial charge in [-0.3, -0.25) is 4.74 Å². The Morgan fingerprint density at radius 2 is 1.56 bits per heavy atom. The minimum Gasteiger partial charge on any atom is -0.444 e. The number of hydrogen-bond donors (Lipinski definition) is 0. The zero-order valence-electron chi connectivity index (χ0n) is 31.1. The van der Waals surface area contributed by atoms with Gasteiger partial charge in [0.25, 0.3) is 0 Å². The lowest BCUT2D eigenvalue weighted by molar-refractivity contribution is -0.330. The van der Waals surface area contributed by atoms with Crippen LogP contribution in [-0.4, -0.2) is 35.5 Å². The molecule has 7 heteroatoms. The fraction of sp³-hybridized carbons (Fsp3) is 0.658. The Bertz CT molecular complexity index is 975. The Hall–Kier alpha value is -2.54. The number of nitrogens with zero attached hydrogens (tertiary/aromatic N) is 1. The van der Waals surface area contributed by atoms with Crippen molar-refractivity contribution in [3.05, 3.63) is 71.3 Å². The summed E-state index contributed by atoms with van der Waals surface area (Å²) in [7, 11) is 0. The number of benzene rings is 1. The summed E-state index contributed by atoms with van der Waals surface area (Å²) in [6.45, 7) is 35.5. The predicted octanol–water partition coefficient (Wildman–Crippen LogP) is 12.6. The molecule has 1 saturated heterocycles. The molecule has 1 aromatic rings. The SMILES string of the molecule is C=C.CC.CC.CCC(C)=C(/C=C(/C)C(C)CC)C1CCN(C(=O)OC(C)(C)C)C(C)C1.Cc1ccc(COC(F)(F)F)cc1. The van der Waals surface area contributed by atoms with E-state index in [-0.39, 0.29) is 12.1 Å². The van der Waals surface area contributed by atoms with E-state index in [9.17, 15) is 18.0 Å². The van der Waals surface area contributed by atoms with Crippen LogP contribution in [0.1, 0.15) is 127 Å². The van der Waals surface area contributed by atoms with Gasteiger partial charge < -0.3 is 9.64 Å². The molecular weight excluding hydrogens is 575 g/mol. The van der Waals surface area contributed by atoms with Crippen LogP contribution >= 0.6 is 0 Å². The highest BCUT2D eigenvalue weighted by atomic mass is 19.4. The lowest BCUT2D eigenvalue weighted by Crippen LogP contribution is -2.47. The Labute approximate surface area is 275 Å². The van der Waals surface area contributed by atoms with Crippen molar-refractivity contribution in [3.63, 3.8) is 0 Å². The third-order valence-corrected chi connectivity index (χ3v) is 7.26. The third kappa shape index (κ3) is 21.0. The summed E-state index contributed by atoms with van der Waals surface area (Å²) in [4.78, 5) is 14.4. The van der Waals surface area contributed by atoms with Crippen LogP contribution in [-0.2, 0) is 16.1 Å². The van der Waals surface area contributed by atoms with E-state index in [2.05, 4.69) is 65.5 Å². The standard InChI is InChI=1S/C23H41NO2.C9H9F3O.2C2H6.C2H4/c1-10-16(3)18(5)14-21(17(4)11-2)20-12-13-24(19(6)15-20)22(25)26-23(7,8)9;1-7-2-4-8(5-3-7)6-13-9(10,11)12;3*1-2/h14,16,19-20H,10-13,15H2,1-9H3;2-5H,6H2,1H3;2*1-2H3;1-2H2/b18-14-,21-17?;;;;. The summed E-state index contributed by atoms with van der Waals surface area (Å²) in [5, 5.41) is 0. The number of piperidine rings is 1. The summed E-state index contributed by atoms with van der Waals surface area (Å²) in [5.74, 6) is 1.15. The number of amides is 1. The first-order valence-electron chi connectivity index (χ1n) is 16.6. The number of hydrogen-bond acceptors (Lipinski definition) is 3. The van der Waals surface area contributed by atoms with E-state index in [0.29, 0.717) is 17.4 Å². The smallest absolute Gasteiger partial charge is 0.444 e. The van der Waals surface area contributed by atoms with Crippen molar-refractivity contribution in [3.8, 4) is 0 Å². The topological polar surface area (TPSA) is 38.8 Å². The van der Waals surface area contributed by atoms with Crippen LogP contribution < -0.4 is 0 Å². The normalized spacial score (nSPS) is 17.7.